The van der Waals surface area contributed by atoms with Crippen molar-refractivity contribution in [1.29, 1.82) is 0 Å². The number of carbonyl (C=O) groups is 1. The largest absolute Gasteiger partial charge is 0.493 e. The maximum Gasteiger partial charge on any atom is 0.306 e. The van der Waals surface area contributed by atoms with E-state index in [4.69, 9.17) is 9.84 Å². The Kier molecular flexibility index (Phi) is 3.55. The number of H-pyrrole nitrogens is 1. The first-order chi connectivity index (χ1) is 10.2. The summed E-state index contributed by atoms with van der Waals surface area (Å²) in [6.45, 7) is 0.153. The normalized spacial score (nSPS) is 10.7. The van der Waals surface area contributed by atoms with Gasteiger partial charge in [-0.15, -0.1) is 0 Å². The van der Waals surface area contributed by atoms with Crippen LogP contribution in [-0.4, -0.2) is 27.7 Å². The van der Waals surface area contributed by atoms with Gasteiger partial charge in [0.1, 0.15) is 11.6 Å². The molecule has 0 aliphatic heterocycles. The number of imidazole rings is 1. The summed E-state index contributed by atoms with van der Waals surface area (Å²) in [4.78, 5) is 18.2. The summed E-state index contributed by atoms with van der Waals surface area (Å²) >= 11 is 0. The number of nitrogens with zero attached hydrogens (tertiary/aromatic N) is 1. The fraction of sp³-hybridized carbons (Fsp3) is 0.125. The first-order valence-electron chi connectivity index (χ1n) is 6.62. The fourth-order valence-corrected chi connectivity index (χ4v) is 2.07. The van der Waals surface area contributed by atoms with Crippen molar-refractivity contribution in [3.05, 3.63) is 48.5 Å². The van der Waals surface area contributed by atoms with Gasteiger partial charge in [0.15, 0.2) is 0 Å². The van der Waals surface area contributed by atoms with Crippen molar-refractivity contribution >= 4 is 17.0 Å². The first-order valence-corrected chi connectivity index (χ1v) is 6.62. The molecule has 0 saturated carbocycles. The number of nitrogens with one attached hydrogen (secondary N) is 1. The number of ether oxygens (including phenoxy) is 1. The van der Waals surface area contributed by atoms with Crippen LogP contribution < -0.4 is 4.74 Å². The first kappa shape index (κ1) is 13.2. The van der Waals surface area contributed by atoms with E-state index in [0.29, 0.717) is 5.75 Å². The Morgan fingerprint density at radius 3 is 2.76 bits per heavy atom. The number of aromatic nitrogens is 2. The SMILES string of the molecule is O=C(O)CCOc1ccc2nc(-c3ccccc3)[nH]c2c1. The quantitative estimate of drug-likeness (QED) is 0.754. The highest BCUT2D eigenvalue weighted by Gasteiger charge is 2.06. The molecule has 3 rings (SSSR count). The zero-order valence-corrected chi connectivity index (χ0v) is 11.2. The van der Waals surface area contributed by atoms with Crippen molar-refractivity contribution in [3.63, 3.8) is 0 Å². The molecule has 0 fully saturated rings. The van der Waals surface area contributed by atoms with Crippen LogP contribution in [-0.2, 0) is 4.79 Å². The summed E-state index contributed by atoms with van der Waals surface area (Å²) < 4.78 is 5.41. The van der Waals surface area contributed by atoms with Crippen LogP contribution in [0.5, 0.6) is 5.75 Å². The topological polar surface area (TPSA) is 75.2 Å². The van der Waals surface area contributed by atoms with Crippen LogP contribution in [0.1, 0.15) is 6.42 Å². The van der Waals surface area contributed by atoms with E-state index in [1.165, 1.54) is 0 Å². The maximum absolute atomic E-state index is 10.5. The van der Waals surface area contributed by atoms with Crippen LogP contribution in [0.25, 0.3) is 22.4 Å². The molecule has 0 amide bonds. The van der Waals surface area contributed by atoms with E-state index < -0.39 is 5.97 Å². The third-order valence-corrected chi connectivity index (χ3v) is 3.09. The lowest BCUT2D eigenvalue weighted by Gasteiger charge is -2.03. The van der Waals surface area contributed by atoms with Crippen molar-refractivity contribution in [3.8, 4) is 17.1 Å². The molecule has 2 N–H and O–H groups in total. The zero-order valence-electron chi connectivity index (χ0n) is 11.2. The Bertz CT molecular complexity index is 766. The molecule has 1 aromatic heterocycles. The molecule has 5 nitrogen and oxygen atoms in total. The number of benzene rings is 2. The molecule has 0 radical (unpaired) electrons. The molecular weight excluding hydrogens is 268 g/mol. The number of hydrogen-bond donors (Lipinski definition) is 2. The van der Waals surface area contributed by atoms with Crippen LogP contribution in [0.15, 0.2) is 48.5 Å². The third-order valence-electron chi connectivity index (χ3n) is 3.09. The molecule has 2 aromatic carbocycles. The average Bonchev–Trinajstić information content (AvgIpc) is 2.91. The van der Waals surface area contributed by atoms with Crippen molar-refractivity contribution in [2.45, 2.75) is 6.42 Å². The zero-order chi connectivity index (χ0) is 14.7. The minimum absolute atomic E-state index is 0.0176. The van der Waals surface area contributed by atoms with E-state index >= 15 is 0 Å². The lowest BCUT2D eigenvalue weighted by molar-refractivity contribution is -0.137. The lowest BCUT2D eigenvalue weighted by Crippen LogP contribution is -2.04. The average molecular weight is 282 g/mol. The number of hydrogen-bond acceptors (Lipinski definition) is 3. The van der Waals surface area contributed by atoms with E-state index in [-0.39, 0.29) is 13.0 Å². The predicted octanol–water partition coefficient (Wildman–Crippen LogP) is 3.08. The van der Waals surface area contributed by atoms with Crippen LogP contribution in [0, 0.1) is 0 Å². The van der Waals surface area contributed by atoms with Gasteiger partial charge in [0.05, 0.1) is 24.1 Å². The molecule has 106 valence electrons. The van der Waals surface area contributed by atoms with E-state index in [2.05, 4.69) is 9.97 Å². The minimum Gasteiger partial charge on any atom is -0.493 e. The Balaban J connectivity index is 1.83. The second kappa shape index (κ2) is 5.66. The van der Waals surface area contributed by atoms with Gasteiger partial charge in [0.2, 0.25) is 0 Å². The van der Waals surface area contributed by atoms with Gasteiger partial charge < -0.3 is 14.8 Å². The van der Waals surface area contributed by atoms with Gasteiger partial charge in [-0.3, -0.25) is 4.79 Å². The summed E-state index contributed by atoms with van der Waals surface area (Å²) in [5, 5.41) is 8.60. The molecule has 0 unspecified atom stereocenters. The van der Waals surface area contributed by atoms with E-state index in [0.717, 1.165) is 22.4 Å². The molecule has 21 heavy (non-hydrogen) atoms. The molecule has 0 atom stereocenters. The van der Waals surface area contributed by atoms with Gasteiger partial charge in [0, 0.05) is 11.6 Å². The predicted molar refractivity (Wildman–Crippen MR) is 79.3 cm³/mol. The van der Waals surface area contributed by atoms with Gasteiger partial charge in [-0.05, 0) is 12.1 Å². The van der Waals surface area contributed by atoms with Crippen LogP contribution in [0.4, 0.5) is 0 Å². The van der Waals surface area contributed by atoms with Crippen molar-refractivity contribution < 1.29 is 14.6 Å². The molecule has 0 bridgehead atoms. The number of carboxylic acid groups (broad SMARTS) is 1. The van der Waals surface area contributed by atoms with Crippen LogP contribution in [0.2, 0.25) is 0 Å². The van der Waals surface area contributed by atoms with Crippen molar-refractivity contribution in [2.24, 2.45) is 0 Å². The highest BCUT2D eigenvalue weighted by molar-refractivity contribution is 5.80. The molecule has 5 heteroatoms. The van der Waals surface area contributed by atoms with Crippen molar-refractivity contribution in [1.82, 2.24) is 9.97 Å². The van der Waals surface area contributed by atoms with E-state index in [1.807, 2.05) is 42.5 Å². The highest BCUT2D eigenvalue weighted by atomic mass is 16.5. The highest BCUT2D eigenvalue weighted by Crippen LogP contribution is 2.23. The number of aromatic amines is 1. The molecular formula is C16H14N2O3. The Morgan fingerprint density at radius 1 is 1.19 bits per heavy atom. The standard InChI is InChI=1S/C16H14N2O3/c19-15(20)8-9-21-12-6-7-13-14(10-12)18-16(17-13)11-4-2-1-3-5-11/h1-7,10H,8-9H2,(H,17,18)(H,19,20). The molecule has 0 saturated heterocycles. The summed E-state index contributed by atoms with van der Waals surface area (Å²) in [7, 11) is 0. The van der Waals surface area contributed by atoms with Crippen LogP contribution in [0.3, 0.4) is 0 Å². The summed E-state index contributed by atoms with van der Waals surface area (Å²) in [5.74, 6) is 0.560. The molecule has 3 aromatic rings. The van der Waals surface area contributed by atoms with Gasteiger partial charge in [-0.2, -0.15) is 0 Å². The number of rotatable bonds is 5. The Hall–Kier alpha value is -2.82. The minimum atomic E-state index is -0.871. The second-order valence-corrected chi connectivity index (χ2v) is 4.62. The Labute approximate surface area is 121 Å². The molecule has 0 aliphatic rings. The molecule has 0 spiro atoms. The summed E-state index contributed by atoms with van der Waals surface area (Å²) in [6.07, 6.45) is -0.0176. The van der Waals surface area contributed by atoms with Gasteiger partial charge >= 0.3 is 5.97 Å². The summed E-state index contributed by atoms with van der Waals surface area (Å²) in [5.41, 5.74) is 2.73. The molecule has 0 aliphatic carbocycles. The number of carboxylic acids is 1. The Morgan fingerprint density at radius 2 is 2.00 bits per heavy atom. The van der Waals surface area contributed by atoms with E-state index in [9.17, 15) is 4.79 Å². The lowest BCUT2D eigenvalue weighted by atomic mass is 10.2. The maximum atomic E-state index is 10.5. The fourth-order valence-electron chi connectivity index (χ4n) is 2.07. The third kappa shape index (κ3) is 3.02. The smallest absolute Gasteiger partial charge is 0.306 e. The van der Waals surface area contributed by atoms with E-state index in [1.54, 1.807) is 6.07 Å². The van der Waals surface area contributed by atoms with Gasteiger partial charge in [-0.25, -0.2) is 4.98 Å². The second-order valence-electron chi connectivity index (χ2n) is 4.62. The number of aliphatic carboxylic acids is 1. The summed E-state index contributed by atoms with van der Waals surface area (Å²) in [6, 6.07) is 15.3. The molecule has 1 heterocycles. The van der Waals surface area contributed by atoms with Crippen molar-refractivity contribution in [2.75, 3.05) is 6.61 Å². The monoisotopic (exact) mass is 282 g/mol. The van der Waals surface area contributed by atoms with Gasteiger partial charge in [-0.1, -0.05) is 30.3 Å². The number of fused-ring (bicyclic) bond motifs is 1. The van der Waals surface area contributed by atoms with Gasteiger partial charge in [0.25, 0.3) is 0 Å². The van der Waals surface area contributed by atoms with Crippen LogP contribution >= 0.6 is 0 Å².